The van der Waals surface area contributed by atoms with E-state index in [1.54, 1.807) is 11.8 Å². The van der Waals surface area contributed by atoms with Crippen LogP contribution in [0.1, 0.15) is 53.4 Å². The van der Waals surface area contributed by atoms with Crippen molar-refractivity contribution >= 4 is 12.0 Å². The van der Waals surface area contributed by atoms with Gasteiger partial charge in [0, 0.05) is 18.6 Å². The van der Waals surface area contributed by atoms with Crippen LogP contribution < -0.4 is 5.32 Å². The van der Waals surface area contributed by atoms with E-state index in [0.717, 1.165) is 19.3 Å². The normalized spacial score (nSPS) is 27.9. The Bertz CT molecular complexity index is 346. The summed E-state index contributed by atoms with van der Waals surface area (Å²) < 4.78 is 0. The summed E-state index contributed by atoms with van der Waals surface area (Å²) in [5.74, 6) is -0.818. The van der Waals surface area contributed by atoms with Crippen molar-refractivity contribution in [2.45, 2.75) is 65.5 Å². The Balaban J connectivity index is 2.73. The van der Waals surface area contributed by atoms with Crippen LogP contribution in [0.3, 0.4) is 0 Å². The minimum Gasteiger partial charge on any atom is -0.481 e. The number of carboxylic acid groups (broad SMARTS) is 1. The highest BCUT2D eigenvalue weighted by atomic mass is 16.4. The van der Waals surface area contributed by atoms with Crippen LogP contribution in [0.5, 0.6) is 0 Å². The second-order valence-corrected chi connectivity index (χ2v) is 5.66. The van der Waals surface area contributed by atoms with Crippen molar-refractivity contribution in [3.63, 3.8) is 0 Å². The zero-order valence-corrected chi connectivity index (χ0v) is 12.4. The molecule has 3 atom stereocenters. The number of nitrogens with zero attached hydrogens (tertiary/aromatic N) is 1. The summed E-state index contributed by atoms with van der Waals surface area (Å²) in [5, 5.41) is 12.3. The minimum absolute atomic E-state index is 0.142. The molecule has 1 aliphatic rings. The molecule has 0 aromatic heterocycles. The summed E-state index contributed by atoms with van der Waals surface area (Å²) in [5.41, 5.74) is -0.829. The summed E-state index contributed by atoms with van der Waals surface area (Å²) in [4.78, 5) is 25.4. The highest BCUT2D eigenvalue weighted by Gasteiger charge is 2.46. The number of carbonyl (C=O) groups excluding carboxylic acids is 1. The second-order valence-electron chi connectivity index (χ2n) is 5.66. The molecule has 1 saturated carbocycles. The average molecular weight is 270 g/mol. The number of carbonyl (C=O) groups is 2. The molecular weight excluding hydrogens is 244 g/mol. The van der Waals surface area contributed by atoms with Crippen LogP contribution in [0.2, 0.25) is 0 Å². The molecule has 0 bridgehead atoms. The lowest BCUT2D eigenvalue weighted by molar-refractivity contribution is -0.148. The molecule has 5 heteroatoms. The summed E-state index contributed by atoms with van der Waals surface area (Å²) in [6.07, 6.45) is 3.11. The number of carboxylic acids is 1. The van der Waals surface area contributed by atoms with Gasteiger partial charge in [0.2, 0.25) is 0 Å². The molecule has 0 heterocycles. The largest absolute Gasteiger partial charge is 0.481 e. The lowest BCUT2D eigenvalue weighted by Crippen LogP contribution is -2.53. The maximum atomic E-state index is 12.3. The molecule has 0 aliphatic heterocycles. The van der Waals surface area contributed by atoms with Gasteiger partial charge in [0.1, 0.15) is 0 Å². The number of nitrogens with one attached hydrogen (secondary N) is 1. The lowest BCUT2D eigenvalue weighted by Gasteiger charge is -2.33. The van der Waals surface area contributed by atoms with Gasteiger partial charge in [-0.2, -0.15) is 0 Å². The van der Waals surface area contributed by atoms with E-state index < -0.39 is 11.4 Å². The maximum absolute atomic E-state index is 12.3. The minimum atomic E-state index is -0.829. The van der Waals surface area contributed by atoms with Crippen molar-refractivity contribution in [1.29, 1.82) is 0 Å². The zero-order chi connectivity index (χ0) is 14.6. The van der Waals surface area contributed by atoms with E-state index in [1.165, 1.54) is 0 Å². The van der Waals surface area contributed by atoms with Crippen molar-refractivity contribution in [2.75, 3.05) is 6.54 Å². The number of amides is 2. The van der Waals surface area contributed by atoms with Crippen molar-refractivity contribution in [3.05, 3.63) is 0 Å². The van der Waals surface area contributed by atoms with Crippen molar-refractivity contribution in [1.82, 2.24) is 10.2 Å². The first kappa shape index (κ1) is 15.8. The van der Waals surface area contributed by atoms with Crippen LogP contribution in [-0.4, -0.2) is 40.6 Å². The van der Waals surface area contributed by atoms with Gasteiger partial charge in [0.25, 0.3) is 0 Å². The summed E-state index contributed by atoms with van der Waals surface area (Å²) in [6, 6.07) is -0.241. The Labute approximate surface area is 115 Å². The Morgan fingerprint density at radius 3 is 2.58 bits per heavy atom. The first-order chi connectivity index (χ1) is 8.86. The Morgan fingerprint density at radius 2 is 2.11 bits per heavy atom. The van der Waals surface area contributed by atoms with E-state index >= 15 is 0 Å². The van der Waals surface area contributed by atoms with Crippen LogP contribution in [-0.2, 0) is 4.79 Å². The van der Waals surface area contributed by atoms with Crippen LogP contribution >= 0.6 is 0 Å². The first-order valence-electron chi connectivity index (χ1n) is 7.17. The molecule has 0 radical (unpaired) electrons. The lowest BCUT2D eigenvalue weighted by atomic mass is 9.85. The molecular formula is C14H26N2O3. The van der Waals surface area contributed by atoms with Crippen molar-refractivity contribution in [3.8, 4) is 0 Å². The monoisotopic (exact) mass is 270 g/mol. The van der Waals surface area contributed by atoms with E-state index in [1.807, 2.05) is 20.8 Å². The smallest absolute Gasteiger partial charge is 0.317 e. The van der Waals surface area contributed by atoms with Gasteiger partial charge in [0.15, 0.2) is 0 Å². The van der Waals surface area contributed by atoms with E-state index in [0.29, 0.717) is 13.0 Å². The molecule has 2 amide bonds. The maximum Gasteiger partial charge on any atom is 0.317 e. The standard InChI is InChI=1S/C14H26N2O3/c1-5-10(3)16(6-2)13(19)15-11-8-7-9-14(11,4)12(17)18/h10-11H,5-9H2,1-4H3,(H,15,19)(H,17,18). The van der Waals surface area contributed by atoms with Gasteiger partial charge in [-0.05, 0) is 40.0 Å². The molecule has 110 valence electrons. The number of hydrogen-bond acceptors (Lipinski definition) is 2. The first-order valence-corrected chi connectivity index (χ1v) is 7.17. The second kappa shape index (κ2) is 6.26. The Kier molecular flexibility index (Phi) is 5.20. The summed E-state index contributed by atoms with van der Waals surface area (Å²) in [7, 11) is 0. The molecule has 0 saturated heterocycles. The van der Waals surface area contributed by atoms with E-state index in [-0.39, 0.29) is 18.1 Å². The van der Waals surface area contributed by atoms with Crippen molar-refractivity contribution < 1.29 is 14.7 Å². The average Bonchev–Trinajstić information content (AvgIpc) is 2.73. The van der Waals surface area contributed by atoms with Crippen LogP contribution in [0.15, 0.2) is 0 Å². The number of aliphatic carboxylic acids is 1. The fourth-order valence-electron chi connectivity index (χ4n) is 2.76. The fourth-order valence-corrected chi connectivity index (χ4v) is 2.76. The van der Waals surface area contributed by atoms with Gasteiger partial charge < -0.3 is 15.3 Å². The van der Waals surface area contributed by atoms with Crippen LogP contribution in [0.25, 0.3) is 0 Å². The summed E-state index contributed by atoms with van der Waals surface area (Å²) >= 11 is 0. The van der Waals surface area contributed by atoms with Gasteiger partial charge in [-0.3, -0.25) is 4.79 Å². The van der Waals surface area contributed by atoms with Gasteiger partial charge in [-0.15, -0.1) is 0 Å². The molecule has 2 N–H and O–H groups in total. The molecule has 1 fully saturated rings. The Hall–Kier alpha value is -1.26. The van der Waals surface area contributed by atoms with Gasteiger partial charge in [-0.25, -0.2) is 4.79 Å². The SMILES string of the molecule is CCC(C)N(CC)C(=O)NC1CCCC1(C)C(=O)O. The predicted octanol–water partition coefficient (Wildman–Crippen LogP) is 2.46. The molecule has 0 aromatic rings. The molecule has 5 nitrogen and oxygen atoms in total. The molecule has 1 aliphatic carbocycles. The molecule has 1 rings (SSSR count). The third kappa shape index (κ3) is 3.19. The van der Waals surface area contributed by atoms with E-state index in [4.69, 9.17) is 0 Å². The fraction of sp³-hybridized carbons (Fsp3) is 0.857. The third-order valence-corrected chi connectivity index (χ3v) is 4.47. The number of rotatable bonds is 5. The quantitative estimate of drug-likeness (QED) is 0.806. The molecule has 0 aromatic carbocycles. The zero-order valence-electron chi connectivity index (χ0n) is 12.4. The van der Waals surface area contributed by atoms with Gasteiger partial charge in [0.05, 0.1) is 5.41 Å². The summed E-state index contributed by atoms with van der Waals surface area (Å²) in [6.45, 7) is 8.35. The van der Waals surface area contributed by atoms with Crippen LogP contribution in [0, 0.1) is 5.41 Å². The number of hydrogen-bond donors (Lipinski definition) is 2. The van der Waals surface area contributed by atoms with E-state index in [9.17, 15) is 14.7 Å². The number of urea groups is 1. The Morgan fingerprint density at radius 1 is 1.47 bits per heavy atom. The van der Waals surface area contributed by atoms with Crippen molar-refractivity contribution in [2.24, 2.45) is 5.41 Å². The predicted molar refractivity (Wildman–Crippen MR) is 74.0 cm³/mol. The third-order valence-electron chi connectivity index (χ3n) is 4.47. The topological polar surface area (TPSA) is 69.6 Å². The van der Waals surface area contributed by atoms with E-state index in [2.05, 4.69) is 5.32 Å². The van der Waals surface area contributed by atoms with Gasteiger partial charge >= 0.3 is 12.0 Å². The highest BCUT2D eigenvalue weighted by molar-refractivity contribution is 5.79. The van der Waals surface area contributed by atoms with Gasteiger partial charge in [-0.1, -0.05) is 13.3 Å². The van der Waals surface area contributed by atoms with Crippen LogP contribution in [0.4, 0.5) is 4.79 Å². The molecule has 19 heavy (non-hydrogen) atoms. The molecule has 0 spiro atoms. The highest BCUT2D eigenvalue weighted by Crippen LogP contribution is 2.38. The molecule has 3 unspecified atom stereocenters.